The highest BCUT2D eigenvalue weighted by Crippen LogP contribution is 2.27. The number of ether oxygens (including phenoxy) is 1. The van der Waals surface area contributed by atoms with Crippen LogP contribution >= 0.6 is 34.2 Å². The number of benzene rings is 2. The molecule has 0 saturated heterocycles. The van der Waals surface area contributed by atoms with Crippen molar-refractivity contribution in [2.45, 2.75) is 13.0 Å². The molecule has 0 aliphatic rings. The van der Waals surface area contributed by atoms with E-state index in [1.54, 1.807) is 7.11 Å². The van der Waals surface area contributed by atoms with Gasteiger partial charge in [0.1, 0.15) is 5.75 Å². The summed E-state index contributed by atoms with van der Waals surface area (Å²) in [5.74, 6) is 0.872. The quantitative estimate of drug-likeness (QED) is 0.735. The number of anilines is 1. The van der Waals surface area contributed by atoms with Crippen LogP contribution < -0.4 is 10.1 Å². The summed E-state index contributed by atoms with van der Waals surface area (Å²) in [6, 6.07) is 14.1. The van der Waals surface area contributed by atoms with Gasteiger partial charge in [0.2, 0.25) is 0 Å². The summed E-state index contributed by atoms with van der Waals surface area (Å²) in [4.78, 5) is 0. The SMILES string of the molecule is COc1cccc(C(C)Nc2ccc(Cl)cc2I)c1. The summed E-state index contributed by atoms with van der Waals surface area (Å²) in [6.07, 6.45) is 0. The molecule has 0 heterocycles. The molecule has 2 aromatic rings. The van der Waals surface area contributed by atoms with E-state index in [2.05, 4.69) is 40.9 Å². The summed E-state index contributed by atoms with van der Waals surface area (Å²) in [6.45, 7) is 2.12. The first-order valence-electron chi connectivity index (χ1n) is 5.95. The van der Waals surface area contributed by atoms with Crippen LogP contribution in [0.5, 0.6) is 5.75 Å². The van der Waals surface area contributed by atoms with Gasteiger partial charge in [0.05, 0.1) is 7.11 Å². The summed E-state index contributed by atoms with van der Waals surface area (Å²) in [5, 5.41) is 4.24. The molecule has 4 heteroatoms. The lowest BCUT2D eigenvalue weighted by Gasteiger charge is -2.17. The van der Waals surface area contributed by atoms with Gasteiger partial charge in [-0.15, -0.1) is 0 Å². The first kappa shape index (κ1) is 14.5. The van der Waals surface area contributed by atoms with Crippen LogP contribution in [0, 0.1) is 3.57 Å². The van der Waals surface area contributed by atoms with E-state index in [1.165, 1.54) is 5.56 Å². The lowest BCUT2D eigenvalue weighted by atomic mass is 10.1. The van der Waals surface area contributed by atoms with Gasteiger partial charge in [0, 0.05) is 20.3 Å². The summed E-state index contributed by atoms with van der Waals surface area (Å²) in [7, 11) is 1.68. The van der Waals surface area contributed by atoms with E-state index in [-0.39, 0.29) is 6.04 Å². The average molecular weight is 388 g/mol. The third-order valence-corrected chi connectivity index (χ3v) is 4.02. The van der Waals surface area contributed by atoms with Crippen LogP contribution in [0.15, 0.2) is 42.5 Å². The third kappa shape index (κ3) is 3.76. The highest BCUT2D eigenvalue weighted by atomic mass is 127. The molecular weight excluding hydrogens is 373 g/mol. The van der Waals surface area contributed by atoms with Crippen molar-refractivity contribution in [3.8, 4) is 5.75 Å². The molecule has 1 N–H and O–H groups in total. The van der Waals surface area contributed by atoms with Gasteiger partial charge in [-0.05, 0) is 65.4 Å². The fourth-order valence-corrected chi connectivity index (χ4v) is 2.86. The van der Waals surface area contributed by atoms with Gasteiger partial charge in [-0.25, -0.2) is 0 Å². The highest BCUT2D eigenvalue weighted by molar-refractivity contribution is 14.1. The van der Waals surface area contributed by atoms with Crippen LogP contribution in [0.25, 0.3) is 0 Å². The Balaban J connectivity index is 2.17. The predicted octanol–water partition coefficient (Wildman–Crippen LogP) is 5.13. The van der Waals surface area contributed by atoms with Crippen molar-refractivity contribution in [2.75, 3.05) is 12.4 Å². The molecule has 0 aliphatic carbocycles. The molecule has 0 amide bonds. The van der Waals surface area contributed by atoms with Crippen molar-refractivity contribution in [2.24, 2.45) is 0 Å². The van der Waals surface area contributed by atoms with Crippen LogP contribution in [0.3, 0.4) is 0 Å². The minimum absolute atomic E-state index is 0.199. The molecule has 0 aromatic heterocycles. The van der Waals surface area contributed by atoms with E-state index in [0.717, 1.165) is 20.0 Å². The molecule has 19 heavy (non-hydrogen) atoms. The van der Waals surface area contributed by atoms with Gasteiger partial charge in [-0.1, -0.05) is 23.7 Å². The maximum atomic E-state index is 5.96. The second-order valence-electron chi connectivity index (χ2n) is 4.27. The molecule has 2 nitrogen and oxygen atoms in total. The highest BCUT2D eigenvalue weighted by Gasteiger charge is 2.08. The second kappa shape index (κ2) is 6.48. The average Bonchev–Trinajstić information content (AvgIpc) is 2.42. The van der Waals surface area contributed by atoms with Crippen LogP contribution in [0.1, 0.15) is 18.5 Å². The first-order valence-corrected chi connectivity index (χ1v) is 7.41. The van der Waals surface area contributed by atoms with Gasteiger partial charge < -0.3 is 10.1 Å². The standard InChI is InChI=1S/C15H15ClINO/c1-10(11-4-3-5-13(8-11)19-2)18-15-7-6-12(16)9-14(15)17/h3-10,18H,1-2H3. The van der Waals surface area contributed by atoms with Crippen molar-refractivity contribution < 1.29 is 4.74 Å². The fraction of sp³-hybridized carbons (Fsp3) is 0.200. The normalized spacial score (nSPS) is 12.0. The maximum absolute atomic E-state index is 5.96. The van der Waals surface area contributed by atoms with Crippen molar-refractivity contribution in [1.29, 1.82) is 0 Å². The second-order valence-corrected chi connectivity index (χ2v) is 5.87. The molecule has 100 valence electrons. The van der Waals surface area contributed by atoms with E-state index in [1.807, 2.05) is 36.4 Å². The maximum Gasteiger partial charge on any atom is 0.119 e. The lowest BCUT2D eigenvalue weighted by Crippen LogP contribution is -2.07. The molecular formula is C15H15ClINO. The number of nitrogens with one attached hydrogen (secondary N) is 1. The van der Waals surface area contributed by atoms with Gasteiger partial charge >= 0.3 is 0 Å². The molecule has 0 bridgehead atoms. The largest absolute Gasteiger partial charge is 0.497 e. The van der Waals surface area contributed by atoms with Gasteiger partial charge in [-0.3, -0.25) is 0 Å². The lowest BCUT2D eigenvalue weighted by molar-refractivity contribution is 0.414. The van der Waals surface area contributed by atoms with Crippen molar-refractivity contribution in [3.05, 3.63) is 56.6 Å². The Kier molecular flexibility index (Phi) is 4.93. The topological polar surface area (TPSA) is 21.3 Å². The van der Waals surface area contributed by atoms with E-state index in [0.29, 0.717) is 0 Å². The molecule has 2 rings (SSSR count). The molecule has 0 saturated carbocycles. The van der Waals surface area contributed by atoms with Crippen LogP contribution in [0.4, 0.5) is 5.69 Å². The fourth-order valence-electron chi connectivity index (χ4n) is 1.83. The van der Waals surface area contributed by atoms with Crippen molar-refractivity contribution in [1.82, 2.24) is 0 Å². The Morgan fingerprint density at radius 3 is 2.68 bits per heavy atom. The number of methoxy groups -OCH3 is 1. The van der Waals surface area contributed by atoms with Crippen LogP contribution in [-0.2, 0) is 0 Å². The first-order chi connectivity index (χ1) is 9.10. The number of hydrogen-bond acceptors (Lipinski definition) is 2. The molecule has 0 spiro atoms. The Bertz CT molecular complexity index is 574. The van der Waals surface area contributed by atoms with Crippen molar-refractivity contribution in [3.63, 3.8) is 0 Å². The third-order valence-electron chi connectivity index (χ3n) is 2.90. The smallest absolute Gasteiger partial charge is 0.119 e. The van der Waals surface area contributed by atoms with E-state index in [9.17, 15) is 0 Å². The Labute approximate surface area is 132 Å². The Morgan fingerprint density at radius 2 is 2.00 bits per heavy atom. The van der Waals surface area contributed by atoms with Gasteiger partial charge in [0.15, 0.2) is 0 Å². The molecule has 0 fully saturated rings. The zero-order valence-corrected chi connectivity index (χ0v) is 13.7. The van der Waals surface area contributed by atoms with E-state index < -0.39 is 0 Å². The minimum Gasteiger partial charge on any atom is -0.497 e. The van der Waals surface area contributed by atoms with Gasteiger partial charge in [0.25, 0.3) is 0 Å². The van der Waals surface area contributed by atoms with Crippen LogP contribution in [0.2, 0.25) is 5.02 Å². The monoisotopic (exact) mass is 387 g/mol. The van der Waals surface area contributed by atoms with E-state index >= 15 is 0 Å². The van der Waals surface area contributed by atoms with E-state index in [4.69, 9.17) is 16.3 Å². The molecule has 0 aliphatic heterocycles. The molecule has 0 radical (unpaired) electrons. The number of hydrogen-bond donors (Lipinski definition) is 1. The van der Waals surface area contributed by atoms with Crippen molar-refractivity contribution >= 4 is 39.9 Å². The summed E-state index contributed by atoms with van der Waals surface area (Å²) < 4.78 is 6.36. The molecule has 2 aromatic carbocycles. The molecule has 1 atom stereocenters. The number of rotatable bonds is 4. The summed E-state index contributed by atoms with van der Waals surface area (Å²) in [5.41, 5.74) is 2.27. The Morgan fingerprint density at radius 1 is 1.21 bits per heavy atom. The van der Waals surface area contributed by atoms with Gasteiger partial charge in [-0.2, -0.15) is 0 Å². The zero-order chi connectivity index (χ0) is 13.8. The molecule has 1 unspecified atom stereocenters. The summed E-state index contributed by atoms with van der Waals surface area (Å²) >= 11 is 8.24. The Hall–Kier alpha value is -0.940. The predicted molar refractivity (Wildman–Crippen MR) is 89.2 cm³/mol. The minimum atomic E-state index is 0.199. The zero-order valence-electron chi connectivity index (χ0n) is 10.8. The number of halogens is 2. The van der Waals surface area contributed by atoms with Crippen LogP contribution in [-0.4, -0.2) is 7.11 Å².